The van der Waals surface area contributed by atoms with Gasteiger partial charge in [-0.2, -0.15) is 0 Å². The zero-order valence-electron chi connectivity index (χ0n) is 30.5. The van der Waals surface area contributed by atoms with E-state index in [9.17, 15) is 0 Å². The van der Waals surface area contributed by atoms with Crippen LogP contribution in [0.2, 0.25) is 0 Å². The average Bonchev–Trinajstić information content (AvgIpc) is 3.68. The molecule has 0 saturated heterocycles. The van der Waals surface area contributed by atoms with E-state index < -0.39 is 0 Å². The normalized spacial score (nSPS) is 11.9. The summed E-state index contributed by atoms with van der Waals surface area (Å²) in [5.41, 5.74) is 8.23. The van der Waals surface area contributed by atoms with Gasteiger partial charge in [0.15, 0.2) is 17.5 Å². The van der Waals surface area contributed by atoms with Crippen molar-refractivity contribution in [3.05, 3.63) is 182 Å². The quantitative estimate of drug-likeness (QED) is 0.169. The second-order valence-electron chi connectivity index (χ2n) is 14.5. The molecule has 4 heterocycles. The maximum atomic E-state index is 5.35. The fourth-order valence-corrected chi connectivity index (χ4v) is 8.59. The molecule has 6 nitrogen and oxygen atoms in total. The molecule has 0 unspecified atom stereocenters. The van der Waals surface area contributed by atoms with Crippen molar-refractivity contribution in [1.82, 2.24) is 29.3 Å². The van der Waals surface area contributed by atoms with E-state index in [0.29, 0.717) is 17.5 Å². The summed E-state index contributed by atoms with van der Waals surface area (Å²) in [5.74, 6) is 1.82. The number of rotatable bonds is 4. The van der Waals surface area contributed by atoms with Crippen molar-refractivity contribution in [1.29, 1.82) is 0 Å². The van der Waals surface area contributed by atoms with Gasteiger partial charge in [-0.15, -0.1) is 0 Å². The first-order valence-corrected chi connectivity index (χ1v) is 19.1. The molecule has 0 aliphatic heterocycles. The van der Waals surface area contributed by atoms with Gasteiger partial charge in [0.1, 0.15) is 11.2 Å². The van der Waals surface area contributed by atoms with Crippen molar-refractivity contribution in [2.24, 2.45) is 0 Å². The number of hydrogen-bond donors (Lipinski definition) is 0. The number of benzene rings is 8. The Kier molecular flexibility index (Phi) is 6.83. The predicted octanol–water partition coefficient (Wildman–Crippen LogP) is 12.5. The average molecular weight is 727 g/mol. The van der Waals surface area contributed by atoms with Crippen molar-refractivity contribution in [3.8, 4) is 45.4 Å². The molecule has 8 aromatic carbocycles. The van der Waals surface area contributed by atoms with Crippen LogP contribution in [0.1, 0.15) is 0 Å². The fourth-order valence-electron chi connectivity index (χ4n) is 8.59. The first-order valence-electron chi connectivity index (χ1n) is 19.1. The van der Waals surface area contributed by atoms with Crippen LogP contribution in [0.5, 0.6) is 0 Å². The molecule has 12 rings (SSSR count). The number of imidazole rings is 1. The lowest BCUT2D eigenvalue weighted by atomic mass is 9.96. The van der Waals surface area contributed by atoms with Gasteiger partial charge in [-0.25, -0.2) is 24.9 Å². The Morgan fingerprint density at radius 1 is 0.351 bits per heavy atom. The van der Waals surface area contributed by atoms with Gasteiger partial charge in [0, 0.05) is 33.8 Å². The zero-order chi connectivity index (χ0) is 37.5. The predicted molar refractivity (Wildman–Crippen MR) is 233 cm³/mol. The van der Waals surface area contributed by atoms with Gasteiger partial charge in [-0.05, 0) is 79.5 Å². The van der Waals surface area contributed by atoms with Crippen LogP contribution in [0.4, 0.5) is 0 Å². The molecule has 6 heteroatoms. The van der Waals surface area contributed by atoms with Crippen molar-refractivity contribution >= 4 is 70.7 Å². The lowest BCUT2D eigenvalue weighted by molar-refractivity contribution is 1.08. The van der Waals surface area contributed by atoms with E-state index >= 15 is 0 Å². The van der Waals surface area contributed by atoms with E-state index in [1.54, 1.807) is 0 Å². The summed E-state index contributed by atoms with van der Waals surface area (Å²) < 4.78 is 2.13. The summed E-state index contributed by atoms with van der Waals surface area (Å²) in [7, 11) is 0. The summed E-state index contributed by atoms with van der Waals surface area (Å²) >= 11 is 0. The van der Waals surface area contributed by atoms with Gasteiger partial charge < -0.3 is 0 Å². The molecule has 12 aromatic rings. The maximum absolute atomic E-state index is 5.35. The fraction of sp³-hybridized carbons (Fsp3) is 0. The Bertz CT molecular complexity index is 3470. The number of aromatic nitrogens is 6. The summed E-state index contributed by atoms with van der Waals surface area (Å²) in [4.78, 5) is 26.4. The SMILES string of the molecule is c1cc(-c2nc(-c3cc4ccccc4c4ccccc34)nc(-c3cc4ccccc4c4ccccc34)n2)cc(-c2nc3ccccc3c3nc4ccccn4c23)c1. The molecule has 0 saturated carbocycles. The Hall–Kier alpha value is -7.83. The van der Waals surface area contributed by atoms with Crippen molar-refractivity contribution in [2.45, 2.75) is 0 Å². The van der Waals surface area contributed by atoms with Crippen LogP contribution in [0, 0.1) is 0 Å². The third-order valence-corrected chi connectivity index (χ3v) is 11.2. The van der Waals surface area contributed by atoms with Crippen LogP contribution in [0.25, 0.3) is 116 Å². The minimum atomic E-state index is 0.585. The van der Waals surface area contributed by atoms with Crippen LogP contribution >= 0.6 is 0 Å². The number of hydrogen-bond acceptors (Lipinski definition) is 5. The molecule has 0 radical (unpaired) electrons. The molecule has 0 aliphatic rings. The van der Waals surface area contributed by atoms with Gasteiger partial charge in [0.25, 0.3) is 0 Å². The smallest absolute Gasteiger partial charge is 0.164 e. The van der Waals surface area contributed by atoms with Crippen LogP contribution in [-0.4, -0.2) is 29.3 Å². The zero-order valence-corrected chi connectivity index (χ0v) is 30.5. The van der Waals surface area contributed by atoms with Crippen LogP contribution in [-0.2, 0) is 0 Å². The lowest BCUT2D eigenvalue weighted by Gasteiger charge is -2.14. The molecule has 0 bridgehead atoms. The summed E-state index contributed by atoms with van der Waals surface area (Å²) in [6.45, 7) is 0. The molecule has 0 atom stereocenters. The van der Waals surface area contributed by atoms with E-state index in [1.807, 2.05) is 30.3 Å². The van der Waals surface area contributed by atoms with Gasteiger partial charge in [0.2, 0.25) is 0 Å². The molecule has 0 fully saturated rings. The minimum Gasteiger partial charge on any atom is -0.298 e. The van der Waals surface area contributed by atoms with Crippen LogP contribution in [0.3, 0.4) is 0 Å². The third kappa shape index (κ3) is 4.94. The highest BCUT2D eigenvalue weighted by atomic mass is 15.0. The Labute approximate surface area is 326 Å². The highest BCUT2D eigenvalue weighted by molar-refractivity contribution is 6.15. The van der Waals surface area contributed by atoms with Crippen molar-refractivity contribution < 1.29 is 0 Å². The molecule has 0 N–H and O–H groups in total. The number of para-hydroxylation sites is 1. The van der Waals surface area contributed by atoms with Gasteiger partial charge in [-0.3, -0.25) is 4.40 Å². The Morgan fingerprint density at radius 2 is 0.877 bits per heavy atom. The maximum Gasteiger partial charge on any atom is 0.164 e. The largest absolute Gasteiger partial charge is 0.298 e. The molecular formula is C51H30N6. The van der Waals surface area contributed by atoms with Gasteiger partial charge >= 0.3 is 0 Å². The molecule has 0 amide bonds. The number of fused-ring (bicyclic) bond motifs is 11. The monoisotopic (exact) mass is 726 g/mol. The van der Waals surface area contributed by atoms with E-state index in [-0.39, 0.29) is 0 Å². The van der Waals surface area contributed by atoms with Crippen molar-refractivity contribution in [3.63, 3.8) is 0 Å². The first kappa shape index (κ1) is 31.5. The van der Waals surface area contributed by atoms with Gasteiger partial charge in [-0.1, -0.05) is 140 Å². The Balaban J connectivity index is 1.14. The van der Waals surface area contributed by atoms with E-state index in [1.165, 1.54) is 10.8 Å². The standard InChI is InChI=1S/C51H30N6/c1-3-18-35-31(14-1)29-42(39-22-7-5-20-37(35)39)50-54-49(55-51(56-50)43-30-32-15-2-4-19-36(32)38-21-6-8-23-40(38)43)34-17-13-16-33(28-34)46-48-47(41-24-9-10-25-44(41)52-46)53-45-26-11-12-27-57(45)48/h1-30H. The summed E-state index contributed by atoms with van der Waals surface area (Å²) in [5, 5.41) is 10.2. The minimum absolute atomic E-state index is 0.585. The molecule has 0 aliphatic carbocycles. The third-order valence-electron chi connectivity index (χ3n) is 11.2. The second-order valence-corrected chi connectivity index (χ2v) is 14.5. The summed E-state index contributed by atoms with van der Waals surface area (Å²) in [6, 6.07) is 61.2. The second kappa shape index (κ2) is 12.3. The Morgan fingerprint density at radius 3 is 1.54 bits per heavy atom. The van der Waals surface area contributed by atoms with E-state index in [0.717, 1.165) is 87.8 Å². The van der Waals surface area contributed by atoms with Crippen molar-refractivity contribution in [2.75, 3.05) is 0 Å². The van der Waals surface area contributed by atoms with Gasteiger partial charge in [0.05, 0.1) is 16.7 Å². The summed E-state index contributed by atoms with van der Waals surface area (Å²) in [6.07, 6.45) is 2.06. The highest BCUT2D eigenvalue weighted by Gasteiger charge is 2.20. The van der Waals surface area contributed by atoms with E-state index in [2.05, 4.69) is 156 Å². The van der Waals surface area contributed by atoms with Crippen LogP contribution in [0.15, 0.2) is 182 Å². The number of nitrogens with zero attached hydrogens (tertiary/aromatic N) is 6. The number of pyridine rings is 2. The molecule has 264 valence electrons. The first-order chi connectivity index (χ1) is 28.2. The van der Waals surface area contributed by atoms with E-state index in [4.69, 9.17) is 24.9 Å². The molecule has 0 spiro atoms. The topological polar surface area (TPSA) is 68.9 Å². The molecular weight excluding hydrogens is 697 g/mol. The van der Waals surface area contributed by atoms with Crippen LogP contribution < -0.4 is 0 Å². The molecule has 4 aromatic heterocycles. The lowest BCUT2D eigenvalue weighted by Crippen LogP contribution is -2.01. The molecule has 57 heavy (non-hydrogen) atoms. The highest BCUT2D eigenvalue weighted by Crippen LogP contribution is 2.39.